The number of benzene rings is 2. The number of aromatic nitrogens is 4. The topological polar surface area (TPSA) is 77.7 Å². The van der Waals surface area contributed by atoms with Crippen molar-refractivity contribution in [2.45, 2.75) is 14.8 Å². The minimum atomic E-state index is -3.27. The van der Waals surface area contributed by atoms with Gasteiger partial charge in [0.25, 0.3) is 0 Å². The highest BCUT2D eigenvalue weighted by molar-refractivity contribution is 7.99. The highest BCUT2D eigenvalue weighted by Crippen LogP contribution is 2.38. The molecule has 0 bridgehead atoms. The number of halogens is 1. The Kier molecular flexibility index (Phi) is 5.64. The van der Waals surface area contributed by atoms with E-state index in [-0.39, 0.29) is 4.90 Å². The van der Waals surface area contributed by atoms with Gasteiger partial charge in [-0.25, -0.2) is 18.4 Å². The van der Waals surface area contributed by atoms with Crippen LogP contribution in [0.25, 0.3) is 22.8 Å². The zero-order chi connectivity index (χ0) is 21.3. The first kappa shape index (κ1) is 20.6. The number of rotatable bonds is 5. The van der Waals surface area contributed by atoms with Crippen LogP contribution >= 0.6 is 23.4 Å². The van der Waals surface area contributed by atoms with E-state index < -0.39 is 9.84 Å². The van der Waals surface area contributed by atoms with E-state index in [1.54, 1.807) is 54.6 Å². The summed E-state index contributed by atoms with van der Waals surface area (Å²) in [5.74, 6) is 0.668. The summed E-state index contributed by atoms with van der Waals surface area (Å²) < 4.78 is 25.6. The van der Waals surface area contributed by atoms with Crippen LogP contribution in [0.4, 0.5) is 0 Å². The van der Waals surface area contributed by atoms with Gasteiger partial charge in [0, 0.05) is 41.2 Å². The summed E-state index contributed by atoms with van der Waals surface area (Å²) in [6.07, 6.45) is 6.09. The van der Waals surface area contributed by atoms with Crippen molar-refractivity contribution in [2.75, 3.05) is 6.26 Å². The normalized spacial score (nSPS) is 11.6. The van der Waals surface area contributed by atoms with Crippen LogP contribution in [0.2, 0.25) is 5.02 Å². The fourth-order valence-electron chi connectivity index (χ4n) is 2.91. The van der Waals surface area contributed by atoms with E-state index >= 15 is 0 Å². The second-order valence-electron chi connectivity index (χ2n) is 6.59. The molecule has 0 spiro atoms. The zero-order valence-electron chi connectivity index (χ0n) is 16.2. The first-order valence-corrected chi connectivity index (χ1v) is 12.0. The lowest BCUT2D eigenvalue weighted by atomic mass is 10.2. The Balaban J connectivity index is 1.84. The number of hydrogen-bond donors (Lipinski definition) is 0. The lowest BCUT2D eigenvalue weighted by Crippen LogP contribution is -1.97. The lowest BCUT2D eigenvalue weighted by Gasteiger charge is -2.08. The molecule has 0 unspecified atom stereocenters. The molecule has 2 aromatic carbocycles. The summed E-state index contributed by atoms with van der Waals surface area (Å²) in [5.41, 5.74) is 2.19. The minimum absolute atomic E-state index is 0.267. The van der Waals surface area contributed by atoms with Crippen molar-refractivity contribution in [1.82, 2.24) is 19.5 Å². The summed E-state index contributed by atoms with van der Waals surface area (Å²) >= 11 is 7.56. The van der Waals surface area contributed by atoms with Gasteiger partial charge in [0.05, 0.1) is 11.1 Å². The largest absolute Gasteiger partial charge is 0.320 e. The molecular formula is C21H17ClN4O2S2. The van der Waals surface area contributed by atoms with Crippen LogP contribution in [0.1, 0.15) is 0 Å². The van der Waals surface area contributed by atoms with Crippen molar-refractivity contribution in [3.63, 3.8) is 0 Å². The Labute approximate surface area is 183 Å². The maximum atomic E-state index is 11.8. The predicted molar refractivity (Wildman–Crippen MR) is 118 cm³/mol. The third kappa shape index (κ3) is 4.26. The SMILES string of the molecule is Cn1c(-c2cnccn2)nc(-c2ccc(S(C)(=O)=O)cc2)c1Sc1ccc(Cl)cc1. The van der Waals surface area contributed by atoms with Crippen molar-refractivity contribution < 1.29 is 8.42 Å². The van der Waals surface area contributed by atoms with E-state index in [1.165, 1.54) is 6.26 Å². The van der Waals surface area contributed by atoms with E-state index in [0.717, 1.165) is 21.2 Å². The summed E-state index contributed by atoms with van der Waals surface area (Å²) in [6, 6.07) is 14.3. The fraction of sp³-hybridized carbons (Fsp3) is 0.0952. The van der Waals surface area contributed by atoms with Crippen LogP contribution in [-0.4, -0.2) is 34.2 Å². The molecule has 4 aromatic rings. The Hall–Kier alpha value is -2.68. The van der Waals surface area contributed by atoms with Gasteiger partial charge in [-0.3, -0.25) is 4.98 Å². The smallest absolute Gasteiger partial charge is 0.175 e. The van der Waals surface area contributed by atoms with Gasteiger partial charge in [-0.05, 0) is 36.4 Å². The molecule has 0 radical (unpaired) electrons. The minimum Gasteiger partial charge on any atom is -0.320 e. The molecule has 0 aliphatic carbocycles. The zero-order valence-corrected chi connectivity index (χ0v) is 18.5. The Morgan fingerprint density at radius 1 is 1.00 bits per heavy atom. The second kappa shape index (κ2) is 8.22. The molecule has 0 saturated heterocycles. The van der Waals surface area contributed by atoms with Gasteiger partial charge >= 0.3 is 0 Å². The van der Waals surface area contributed by atoms with Gasteiger partial charge in [0.1, 0.15) is 16.4 Å². The monoisotopic (exact) mass is 456 g/mol. The molecule has 0 amide bonds. The molecule has 2 heterocycles. The Morgan fingerprint density at radius 3 is 2.30 bits per heavy atom. The highest BCUT2D eigenvalue weighted by Gasteiger charge is 2.20. The van der Waals surface area contributed by atoms with Gasteiger partial charge < -0.3 is 4.57 Å². The van der Waals surface area contributed by atoms with E-state index in [9.17, 15) is 8.42 Å². The lowest BCUT2D eigenvalue weighted by molar-refractivity contribution is 0.602. The van der Waals surface area contributed by atoms with Gasteiger partial charge in [0.15, 0.2) is 15.7 Å². The molecule has 9 heteroatoms. The first-order valence-electron chi connectivity index (χ1n) is 8.90. The van der Waals surface area contributed by atoms with Crippen LogP contribution in [-0.2, 0) is 16.9 Å². The average molecular weight is 457 g/mol. The van der Waals surface area contributed by atoms with Crippen molar-refractivity contribution >= 4 is 33.2 Å². The average Bonchev–Trinajstić information content (AvgIpc) is 3.06. The Bertz CT molecular complexity index is 1290. The second-order valence-corrected chi connectivity index (χ2v) is 10.1. The number of sulfone groups is 1. The molecule has 152 valence electrons. The van der Waals surface area contributed by atoms with E-state index in [4.69, 9.17) is 16.6 Å². The van der Waals surface area contributed by atoms with Crippen LogP contribution < -0.4 is 0 Å². The molecule has 6 nitrogen and oxygen atoms in total. The predicted octanol–water partition coefficient (Wildman–Crippen LogP) is 4.75. The number of imidazole rings is 1. The van der Waals surface area contributed by atoms with Crippen LogP contribution in [0, 0.1) is 0 Å². The van der Waals surface area contributed by atoms with Gasteiger partial charge in [-0.2, -0.15) is 0 Å². The van der Waals surface area contributed by atoms with Gasteiger partial charge in [-0.15, -0.1) is 0 Å². The van der Waals surface area contributed by atoms with Gasteiger partial charge in [-0.1, -0.05) is 35.5 Å². The summed E-state index contributed by atoms with van der Waals surface area (Å²) in [6.45, 7) is 0. The molecule has 0 saturated carbocycles. The molecule has 4 rings (SSSR count). The number of nitrogens with zero attached hydrogens (tertiary/aromatic N) is 4. The van der Waals surface area contributed by atoms with Crippen molar-refractivity contribution in [2.24, 2.45) is 7.05 Å². The summed E-state index contributed by atoms with van der Waals surface area (Å²) in [7, 11) is -1.35. The number of hydrogen-bond acceptors (Lipinski definition) is 6. The van der Waals surface area contributed by atoms with Crippen LogP contribution in [0.5, 0.6) is 0 Å². The first-order chi connectivity index (χ1) is 14.3. The van der Waals surface area contributed by atoms with E-state index in [0.29, 0.717) is 16.5 Å². The molecule has 0 atom stereocenters. The maximum absolute atomic E-state index is 11.8. The Morgan fingerprint density at radius 2 is 1.70 bits per heavy atom. The summed E-state index contributed by atoms with van der Waals surface area (Å²) in [4.78, 5) is 14.6. The van der Waals surface area contributed by atoms with Crippen LogP contribution in [0.15, 0.2) is 81.9 Å². The molecule has 0 N–H and O–H groups in total. The quantitative estimate of drug-likeness (QED) is 0.431. The maximum Gasteiger partial charge on any atom is 0.175 e. The standard InChI is InChI=1S/C21H17ClN4O2S2/c1-26-20(18-13-23-11-12-24-18)25-19(14-3-9-17(10-4-14)30(2,27)28)21(26)29-16-7-5-15(22)6-8-16/h3-13H,1-2H3. The molecule has 2 aromatic heterocycles. The molecule has 30 heavy (non-hydrogen) atoms. The molecule has 0 aliphatic rings. The van der Waals surface area contributed by atoms with Crippen LogP contribution in [0.3, 0.4) is 0 Å². The molecule has 0 aliphatic heterocycles. The third-order valence-electron chi connectivity index (χ3n) is 4.42. The highest BCUT2D eigenvalue weighted by atomic mass is 35.5. The van der Waals surface area contributed by atoms with E-state index in [1.807, 2.05) is 35.9 Å². The van der Waals surface area contributed by atoms with Crippen molar-refractivity contribution in [3.8, 4) is 22.8 Å². The van der Waals surface area contributed by atoms with E-state index in [2.05, 4.69) is 9.97 Å². The molecule has 0 fully saturated rings. The molecular weight excluding hydrogens is 440 g/mol. The van der Waals surface area contributed by atoms with Crippen molar-refractivity contribution in [1.29, 1.82) is 0 Å². The van der Waals surface area contributed by atoms with Gasteiger partial charge in [0.2, 0.25) is 0 Å². The van der Waals surface area contributed by atoms with Crippen molar-refractivity contribution in [3.05, 3.63) is 72.1 Å². The fourth-order valence-corrected chi connectivity index (χ4v) is 4.64. The third-order valence-corrected chi connectivity index (χ3v) is 6.97. The summed E-state index contributed by atoms with van der Waals surface area (Å²) in [5, 5.41) is 1.56.